The first kappa shape index (κ1) is 46.0. The maximum Gasteiger partial charge on any atom is 0.303 e. The molecule has 0 unspecified atom stereocenters. The maximum absolute atomic E-state index is 10.3. The third-order valence-corrected chi connectivity index (χ3v) is 9.41. The quantitative estimate of drug-likeness (QED) is 0.0701. The van der Waals surface area contributed by atoms with E-state index >= 15 is 0 Å². The fourth-order valence-corrected chi connectivity index (χ4v) is 6.41. The molecule has 0 atom stereocenters. The molecule has 45 heavy (non-hydrogen) atoms. The van der Waals surface area contributed by atoms with E-state index in [2.05, 4.69) is 30.7 Å². The van der Waals surface area contributed by atoms with Crippen molar-refractivity contribution >= 4 is 11.8 Å². The van der Waals surface area contributed by atoms with E-state index in [4.69, 9.17) is 5.11 Å². The Kier molecular flexibility index (Phi) is 40.0. The minimum absolute atomic E-state index is 0. The largest absolute Gasteiger partial charge is 0.481 e. The number of hydrogen-bond donors (Lipinski definition) is 2. The van der Waals surface area contributed by atoms with Gasteiger partial charge in [-0.15, -0.1) is 0 Å². The summed E-state index contributed by atoms with van der Waals surface area (Å²) in [7, 11) is 0. The van der Waals surface area contributed by atoms with Gasteiger partial charge in [0.2, 0.25) is 0 Å². The Balaban J connectivity index is 0. The van der Waals surface area contributed by atoms with Crippen molar-refractivity contribution in [2.45, 2.75) is 226 Å². The van der Waals surface area contributed by atoms with E-state index in [1.165, 1.54) is 192 Å². The zero-order chi connectivity index (χ0) is 32.2. The average molecular weight is 638 g/mol. The fourth-order valence-electron chi connectivity index (χ4n) is 6.41. The molecule has 0 fully saturated rings. The number of carboxylic acid groups (broad SMARTS) is 1. The van der Waals surface area contributed by atoms with E-state index in [9.17, 15) is 4.79 Å². The lowest BCUT2D eigenvalue weighted by atomic mass is 10.0. The molecular weight excluding hydrogens is 554 g/mol. The molecular formula is C40H83N3O2. The Labute approximate surface area is 283 Å². The number of likely N-dealkylation sites (N-methyl/N-ethyl adjacent to an activating group) is 1. The van der Waals surface area contributed by atoms with E-state index < -0.39 is 5.97 Å². The van der Waals surface area contributed by atoms with Crippen molar-refractivity contribution in [3.63, 3.8) is 0 Å². The van der Waals surface area contributed by atoms with Crippen LogP contribution in [0, 0.1) is 0 Å². The van der Waals surface area contributed by atoms with Crippen LogP contribution in [-0.2, 0) is 4.79 Å². The topological polar surface area (TPSA) is 87.9 Å². The molecule has 0 radical (unpaired) electrons. The summed E-state index contributed by atoms with van der Waals surface area (Å²) < 4.78 is 0. The zero-order valence-electron chi connectivity index (χ0n) is 31.2. The second kappa shape index (κ2) is 39.1. The lowest BCUT2D eigenvalue weighted by molar-refractivity contribution is -0.137. The first-order valence-corrected chi connectivity index (χ1v) is 20.2. The number of rotatable bonds is 33. The van der Waals surface area contributed by atoms with Gasteiger partial charge in [0.15, 0.2) is 0 Å². The summed E-state index contributed by atoms with van der Waals surface area (Å²) in [6.07, 6.45) is 43.0. The Bertz CT molecular complexity index is 610. The number of carbonyl (C=O) groups is 1. The molecule has 0 aliphatic carbocycles. The van der Waals surface area contributed by atoms with Crippen LogP contribution in [0.4, 0.5) is 0 Å². The van der Waals surface area contributed by atoms with Crippen molar-refractivity contribution in [1.82, 2.24) is 11.1 Å². The third-order valence-electron chi connectivity index (χ3n) is 9.41. The molecule has 4 N–H and O–H groups in total. The van der Waals surface area contributed by atoms with Gasteiger partial charge in [-0.25, -0.2) is 0 Å². The fraction of sp³-hybridized carbons (Fsp3) is 0.950. The highest BCUT2D eigenvalue weighted by molar-refractivity contribution is 5.83. The normalized spacial score (nSPS) is 12.5. The van der Waals surface area contributed by atoms with Gasteiger partial charge in [-0.3, -0.25) is 9.79 Å². The Morgan fingerprint density at radius 1 is 0.533 bits per heavy atom. The second-order valence-corrected chi connectivity index (χ2v) is 13.7. The first-order valence-electron chi connectivity index (χ1n) is 20.2. The number of carboxylic acids is 1. The van der Waals surface area contributed by atoms with Gasteiger partial charge in [-0.2, -0.15) is 0 Å². The summed E-state index contributed by atoms with van der Waals surface area (Å²) in [5.41, 5.74) is 0. The number of amidine groups is 1. The highest BCUT2D eigenvalue weighted by Gasteiger charge is 2.13. The molecule has 0 amide bonds. The number of aliphatic imine (C=N–C) groups is 1. The summed E-state index contributed by atoms with van der Waals surface area (Å²) >= 11 is 0. The second-order valence-electron chi connectivity index (χ2n) is 13.7. The van der Waals surface area contributed by atoms with E-state index in [0.717, 1.165) is 32.5 Å². The average Bonchev–Trinajstić information content (AvgIpc) is 3.49. The van der Waals surface area contributed by atoms with Gasteiger partial charge in [-0.1, -0.05) is 194 Å². The van der Waals surface area contributed by atoms with Gasteiger partial charge in [0.25, 0.3) is 0 Å². The molecule has 0 spiro atoms. The predicted molar refractivity (Wildman–Crippen MR) is 201 cm³/mol. The maximum atomic E-state index is 10.3. The molecule has 0 aromatic carbocycles. The Morgan fingerprint density at radius 2 is 0.844 bits per heavy atom. The highest BCUT2D eigenvalue weighted by Crippen LogP contribution is 2.16. The summed E-state index contributed by atoms with van der Waals surface area (Å²) in [6.45, 7) is 10.1. The molecule has 5 heteroatoms. The molecule has 1 aliphatic rings. The molecule has 1 heterocycles. The van der Waals surface area contributed by atoms with Crippen molar-refractivity contribution in [3.8, 4) is 0 Å². The van der Waals surface area contributed by atoms with Gasteiger partial charge in [0.05, 0.1) is 12.4 Å². The van der Waals surface area contributed by atoms with Crippen molar-refractivity contribution in [1.29, 1.82) is 0 Å². The summed E-state index contributed by atoms with van der Waals surface area (Å²) in [6, 6.07) is 0. The van der Waals surface area contributed by atoms with Gasteiger partial charge in [-0.05, 0) is 19.8 Å². The summed E-state index contributed by atoms with van der Waals surface area (Å²) in [5.74, 6) is 0.729. The van der Waals surface area contributed by atoms with Crippen LogP contribution in [-0.4, -0.2) is 41.4 Å². The molecule has 0 saturated heterocycles. The number of nitrogens with zero attached hydrogens (tertiary/aromatic N) is 2. The van der Waals surface area contributed by atoms with Crippen molar-refractivity contribution in [3.05, 3.63) is 0 Å². The van der Waals surface area contributed by atoms with Crippen molar-refractivity contribution < 1.29 is 9.90 Å². The van der Waals surface area contributed by atoms with Gasteiger partial charge < -0.3 is 16.2 Å². The van der Waals surface area contributed by atoms with E-state index in [-0.39, 0.29) is 6.15 Å². The smallest absolute Gasteiger partial charge is 0.303 e. The Morgan fingerprint density at radius 3 is 1.16 bits per heavy atom. The molecule has 1 aliphatic heterocycles. The molecule has 1 rings (SSSR count). The van der Waals surface area contributed by atoms with Crippen molar-refractivity contribution in [2.24, 2.45) is 4.99 Å². The standard InChI is InChI=1S/C22H44N2.C18H36O2.H3N/c1-3-5-6-7-8-9-10-11-12-13-14-15-16-17-18-19-22-23-20-21-24(22)4-2;1-2-3-4-5-6-7-8-9-10-11-12-13-14-15-16-17-18(19)20;/h3-21H2,1-2H3;2-17H2,1H3,(H,19,20);1H3. The van der Waals surface area contributed by atoms with Crippen LogP contribution in [0.1, 0.15) is 226 Å². The Hall–Kier alpha value is -1.10. The first-order chi connectivity index (χ1) is 21.7. The van der Waals surface area contributed by atoms with Crippen molar-refractivity contribution in [2.75, 3.05) is 19.6 Å². The molecule has 5 nitrogen and oxygen atoms in total. The van der Waals surface area contributed by atoms with E-state index in [1.54, 1.807) is 0 Å². The van der Waals surface area contributed by atoms with Gasteiger partial charge >= 0.3 is 5.97 Å². The van der Waals surface area contributed by atoms with E-state index in [1.807, 2.05) is 0 Å². The van der Waals surface area contributed by atoms with Crippen LogP contribution >= 0.6 is 0 Å². The number of unbranched alkanes of at least 4 members (excludes halogenated alkanes) is 28. The highest BCUT2D eigenvalue weighted by atomic mass is 16.4. The molecule has 0 bridgehead atoms. The van der Waals surface area contributed by atoms with Crippen LogP contribution in [0.3, 0.4) is 0 Å². The third kappa shape index (κ3) is 35.6. The molecule has 0 saturated carbocycles. The summed E-state index contributed by atoms with van der Waals surface area (Å²) in [4.78, 5) is 17.4. The van der Waals surface area contributed by atoms with Crippen LogP contribution in [0.15, 0.2) is 4.99 Å². The predicted octanol–water partition coefficient (Wildman–Crippen LogP) is 13.5. The van der Waals surface area contributed by atoms with Crippen LogP contribution in [0.25, 0.3) is 0 Å². The molecule has 0 aromatic rings. The summed E-state index contributed by atoms with van der Waals surface area (Å²) in [5, 5.41) is 8.52. The van der Waals surface area contributed by atoms with Gasteiger partial charge in [0.1, 0.15) is 0 Å². The van der Waals surface area contributed by atoms with Crippen LogP contribution in [0.2, 0.25) is 0 Å². The lowest BCUT2D eigenvalue weighted by Gasteiger charge is -2.17. The minimum atomic E-state index is -0.653. The van der Waals surface area contributed by atoms with Gasteiger partial charge in [0, 0.05) is 25.9 Å². The minimum Gasteiger partial charge on any atom is -0.481 e. The van der Waals surface area contributed by atoms with Crippen LogP contribution < -0.4 is 6.15 Å². The zero-order valence-corrected chi connectivity index (χ0v) is 31.2. The van der Waals surface area contributed by atoms with E-state index in [0.29, 0.717) is 6.42 Å². The van der Waals surface area contributed by atoms with Crippen LogP contribution in [0.5, 0.6) is 0 Å². The SMILES string of the molecule is CCCCCCCCCCCCCCCCCC(=O)O.CCCCCCCCCCCCCCCCCC1=NCCN1CC.N. The monoisotopic (exact) mass is 638 g/mol. The molecule has 270 valence electrons. The number of hydrogen-bond acceptors (Lipinski definition) is 4. The molecule has 0 aromatic heterocycles. The lowest BCUT2D eigenvalue weighted by Crippen LogP contribution is -2.27. The number of aliphatic carboxylic acids is 1.